The van der Waals surface area contributed by atoms with Crippen LogP contribution in [0.3, 0.4) is 0 Å². The quantitative estimate of drug-likeness (QED) is 0.237. The molecule has 4 aromatic carbocycles. The van der Waals surface area contributed by atoms with E-state index in [-0.39, 0.29) is 0 Å². The fraction of sp³-hybridized carbons (Fsp3) is 0. The van der Waals surface area contributed by atoms with Gasteiger partial charge in [0.05, 0.1) is 0 Å². The van der Waals surface area contributed by atoms with Crippen LogP contribution < -0.4 is 4.73 Å². The second kappa shape index (κ2) is 8.29. The Balaban J connectivity index is 1.48. The summed E-state index contributed by atoms with van der Waals surface area (Å²) >= 11 is 0. The zero-order valence-corrected chi connectivity index (χ0v) is 17.0. The molecule has 0 atom stereocenters. The number of hydrogen-bond acceptors (Lipinski definition) is 1. The molecule has 5 aromatic rings. The summed E-state index contributed by atoms with van der Waals surface area (Å²) in [6.45, 7) is 0. The van der Waals surface area contributed by atoms with E-state index in [0.29, 0.717) is 11.4 Å². The van der Waals surface area contributed by atoms with E-state index in [1.807, 2.05) is 78.9 Å². The number of aromatic nitrogens is 1. The summed E-state index contributed by atoms with van der Waals surface area (Å²) in [5.41, 5.74) is 3.39. The van der Waals surface area contributed by atoms with Crippen molar-refractivity contribution in [2.75, 3.05) is 0 Å². The Labute approximate surface area is 181 Å². The van der Waals surface area contributed by atoms with E-state index >= 15 is 0 Å². The summed E-state index contributed by atoms with van der Waals surface area (Å²) in [5, 5.41) is 17.7. The Morgan fingerprint density at radius 1 is 0.452 bits per heavy atom. The summed E-state index contributed by atoms with van der Waals surface area (Å²) in [6.07, 6.45) is 7.77. The van der Waals surface area contributed by atoms with Crippen molar-refractivity contribution in [2.45, 2.75) is 0 Å². The van der Waals surface area contributed by atoms with Crippen LogP contribution in [0.5, 0.6) is 0 Å². The van der Waals surface area contributed by atoms with Crippen LogP contribution in [0.25, 0.3) is 45.8 Å². The monoisotopic (exact) mass is 399 g/mol. The van der Waals surface area contributed by atoms with Crippen LogP contribution >= 0.6 is 0 Å². The van der Waals surface area contributed by atoms with Crippen molar-refractivity contribution in [1.82, 2.24) is 0 Å². The largest absolute Gasteiger partial charge is 0.618 e. The van der Waals surface area contributed by atoms with Gasteiger partial charge in [0, 0.05) is 24.3 Å². The second-order valence-corrected chi connectivity index (χ2v) is 7.47. The average molecular weight is 399 g/mol. The van der Waals surface area contributed by atoms with Gasteiger partial charge in [-0.2, -0.15) is 4.73 Å². The van der Waals surface area contributed by atoms with Crippen molar-refractivity contribution in [3.05, 3.63) is 131 Å². The van der Waals surface area contributed by atoms with Gasteiger partial charge >= 0.3 is 0 Å². The number of benzene rings is 4. The molecule has 148 valence electrons. The first-order chi connectivity index (χ1) is 15.3. The highest BCUT2D eigenvalue weighted by atomic mass is 16.5. The van der Waals surface area contributed by atoms with Crippen LogP contribution in [-0.4, -0.2) is 0 Å². The molecule has 0 saturated carbocycles. The van der Waals surface area contributed by atoms with E-state index in [0.717, 1.165) is 15.9 Å². The predicted octanol–water partition coefficient (Wildman–Crippen LogP) is 6.97. The van der Waals surface area contributed by atoms with Crippen molar-refractivity contribution in [2.24, 2.45) is 0 Å². The van der Waals surface area contributed by atoms with Crippen LogP contribution in [0.1, 0.15) is 22.5 Å². The zero-order valence-electron chi connectivity index (χ0n) is 17.0. The zero-order chi connectivity index (χ0) is 21.0. The number of rotatable bonds is 4. The molecule has 0 aliphatic heterocycles. The lowest BCUT2D eigenvalue weighted by Crippen LogP contribution is -2.33. The highest BCUT2D eigenvalue weighted by Gasteiger charge is 2.07. The lowest BCUT2D eigenvalue weighted by atomic mass is 10.0. The molecule has 0 fully saturated rings. The molecular weight excluding hydrogens is 378 g/mol. The molecule has 0 aliphatic rings. The van der Waals surface area contributed by atoms with Gasteiger partial charge in [-0.3, -0.25) is 0 Å². The second-order valence-electron chi connectivity index (χ2n) is 7.47. The Hall–Kier alpha value is -4.17. The fourth-order valence-electron chi connectivity index (χ4n) is 3.92. The maximum atomic E-state index is 13.0. The molecule has 2 heteroatoms. The van der Waals surface area contributed by atoms with Gasteiger partial charge in [-0.15, -0.1) is 0 Å². The standard InChI is InChI=1S/C29H21NO/c31-30-26(20-18-24-12-5-10-22-8-1-3-16-28(22)24)14-7-15-27(30)21-19-25-13-6-11-23-9-2-4-17-29(23)25/h1-21H/b20-18-,21-19+. The number of hydrogen-bond donors (Lipinski definition) is 0. The normalized spacial score (nSPS) is 11.7. The molecule has 0 amide bonds. The third kappa shape index (κ3) is 3.84. The lowest BCUT2D eigenvalue weighted by Gasteiger charge is -2.05. The van der Waals surface area contributed by atoms with Gasteiger partial charge in [0.25, 0.3) is 0 Å². The fourth-order valence-corrected chi connectivity index (χ4v) is 3.92. The topological polar surface area (TPSA) is 26.9 Å². The van der Waals surface area contributed by atoms with Gasteiger partial charge in [-0.25, -0.2) is 0 Å². The SMILES string of the molecule is [O-][n+]1c(/C=C\c2cccc3ccccc23)cccc1/C=C/c1cccc2ccccc12. The first kappa shape index (κ1) is 18.8. The van der Waals surface area contributed by atoms with Crippen LogP contribution in [0, 0.1) is 5.21 Å². The van der Waals surface area contributed by atoms with Crippen LogP contribution in [0.15, 0.2) is 103 Å². The van der Waals surface area contributed by atoms with Crippen molar-refractivity contribution in [3.63, 3.8) is 0 Å². The van der Waals surface area contributed by atoms with Gasteiger partial charge in [-0.05, 0) is 50.9 Å². The molecule has 2 nitrogen and oxygen atoms in total. The van der Waals surface area contributed by atoms with Crippen molar-refractivity contribution in [3.8, 4) is 0 Å². The van der Waals surface area contributed by atoms with Crippen LogP contribution in [0.4, 0.5) is 0 Å². The molecule has 0 saturated heterocycles. The smallest absolute Gasteiger partial charge is 0.217 e. The van der Waals surface area contributed by atoms with Gasteiger partial charge in [-0.1, -0.05) is 84.9 Å². The first-order valence-electron chi connectivity index (χ1n) is 10.3. The maximum absolute atomic E-state index is 13.0. The number of fused-ring (bicyclic) bond motifs is 2. The molecule has 0 bridgehead atoms. The van der Waals surface area contributed by atoms with E-state index in [9.17, 15) is 5.21 Å². The molecule has 5 rings (SSSR count). The van der Waals surface area contributed by atoms with E-state index in [4.69, 9.17) is 0 Å². The van der Waals surface area contributed by atoms with Crippen LogP contribution in [-0.2, 0) is 0 Å². The minimum Gasteiger partial charge on any atom is -0.618 e. The molecule has 0 N–H and O–H groups in total. The van der Waals surface area contributed by atoms with E-state index < -0.39 is 0 Å². The van der Waals surface area contributed by atoms with Crippen molar-refractivity contribution >= 4 is 45.8 Å². The Bertz CT molecular complexity index is 1330. The van der Waals surface area contributed by atoms with Crippen molar-refractivity contribution < 1.29 is 4.73 Å². The molecular formula is C29H21NO. The molecule has 31 heavy (non-hydrogen) atoms. The Morgan fingerprint density at radius 3 is 1.39 bits per heavy atom. The van der Waals surface area contributed by atoms with Crippen LogP contribution in [0.2, 0.25) is 0 Å². The Morgan fingerprint density at radius 2 is 0.871 bits per heavy atom. The van der Waals surface area contributed by atoms with E-state index in [1.54, 1.807) is 0 Å². The minimum atomic E-state index is 0.605. The number of nitrogens with zero attached hydrogens (tertiary/aromatic N) is 1. The van der Waals surface area contributed by atoms with Gasteiger partial charge in [0.2, 0.25) is 11.4 Å². The van der Waals surface area contributed by atoms with Gasteiger partial charge < -0.3 is 5.21 Å². The summed E-state index contributed by atoms with van der Waals surface area (Å²) < 4.78 is 0.975. The number of pyridine rings is 1. The highest BCUT2D eigenvalue weighted by Crippen LogP contribution is 2.21. The summed E-state index contributed by atoms with van der Waals surface area (Å²) in [7, 11) is 0. The third-order valence-corrected chi connectivity index (χ3v) is 5.52. The molecule has 0 spiro atoms. The lowest BCUT2D eigenvalue weighted by molar-refractivity contribution is -0.609. The molecule has 0 radical (unpaired) electrons. The first-order valence-corrected chi connectivity index (χ1v) is 10.3. The summed E-state index contributed by atoms with van der Waals surface area (Å²) in [6, 6.07) is 34.5. The maximum Gasteiger partial charge on any atom is 0.217 e. The predicted molar refractivity (Wildman–Crippen MR) is 131 cm³/mol. The molecule has 1 heterocycles. The van der Waals surface area contributed by atoms with E-state index in [2.05, 4.69) is 48.5 Å². The molecule has 1 aromatic heterocycles. The minimum absolute atomic E-state index is 0.605. The van der Waals surface area contributed by atoms with Crippen molar-refractivity contribution in [1.29, 1.82) is 0 Å². The summed E-state index contributed by atoms with van der Waals surface area (Å²) in [5.74, 6) is 0. The highest BCUT2D eigenvalue weighted by molar-refractivity contribution is 5.93. The van der Waals surface area contributed by atoms with E-state index in [1.165, 1.54) is 21.5 Å². The average Bonchev–Trinajstić information content (AvgIpc) is 2.82. The third-order valence-electron chi connectivity index (χ3n) is 5.52. The Kier molecular flexibility index (Phi) is 5.04. The summed E-state index contributed by atoms with van der Waals surface area (Å²) in [4.78, 5) is 0. The molecule has 0 aliphatic carbocycles. The van der Waals surface area contributed by atoms with Gasteiger partial charge in [0.1, 0.15) is 0 Å². The van der Waals surface area contributed by atoms with Gasteiger partial charge in [0.15, 0.2) is 0 Å². The molecule has 0 unspecified atom stereocenters.